The van der Waals surface area contributed by atoms with Crippen LogP contribution in [0.1, 0.15) is 28.5 Å². The Morgan fingerprint density at radius 3 is 2.62 bits per heavy atom. The number of carbonyl (C=O) groups excluding carboxylic acids is 2. The highest BCUT2D eigenvalue weighted by molar-refractivity contribution is 6.30. The van der Waals surface area contributed by atoms with Crippen LogP contribution in [0.25, 0.3) is 11.0 Å². The number of likely N-dealkylation sites (N-methyl/N-ethyl adjacent to an activating group) is 1. The second-order valence-corrected chi connectivity index (χ2v) is 7.09. The van der Waals surface area contributed by atoms with Gasteiger partial charge in [-0.25, -0.2) is 4.98 Å². The molecule has 5 nitrogen and oxygen atoms in total. The molecule has 0 saturated carbocycles. The van der Waals surface area contributed by atoms with Crippen molar-refractivity contribution < 1.29 is 9.59 Å². The van der Waals surface area contributed by atoms with E-state index in [4.69, 9.17) is 16.6 Å². The summed E-state index contributed by atoms with van der Waals surface area (Å²) in [6.45, 7) is 0.809. The van der Waals surface area contributed by atoms with Crippen molar-refractivity contribution in [2.45, 2.75) is 18.9 Å². The highest BCUT2D eigenvalue weighted by Crippen LogP contribution is 2.30. The maximum atomic E-state index is 12.8. The number of likely N-dealkylation sites (tertiary alicyclic amines) is 1. The fourth-order valence-electron chi connectivity index (χ4n) is 3.48. The van der Waals surface area contributed by atoms with Crippen molar-refractivity contribution in [3.05, 3.63) is 64.9 Å². The highest BCUT2D eigenvalue weighted by atomic mass is 35.5. The molecule has 2 aromatic carbocycles. The number of hydrogen-bond acceptors (Lipinski definition) is 3. The van der Waals surface area contributed by atoms with Gasteiger partial charge in [-0.1, -0.05) is 23.7 Å². The molecular weight excluding hydrogens is 350 g/mol. The van der Waals surface area contributed by atoms with Gasteiger partial charge in [-0.05, 0) is 36.4 Å². The zero-order valence-corrected chi connectivity index (χ0v) is 15.1. The van der Waals surface area contributed by atoms with Gasteiger partial charge in [0.25, 0.3) is 0 Å². The molecule has 132 valence electrons. The summed E-state index contributed by atoms with van der Waals surface area (Å²) in [6.07, 6.45) is 0.426. The lowest BCUT2D eigenvalue weighted by Gasteiger charge is -2.13. The normalized spacial score (nSPS) is 17.2. The van der Waals surface area contributed by atoms with E-state index in [0.29, 0.717) is 23.6 Å². The molecule has 0 aliphatic carbocycles. The average molecular weight is 368 g/mol. The minimum absolute atomic E-state index is 0.00193. The summed E-state index contributed by atoms with van der Waals surface area (Å²) in [7, 11) is 1.80. The number of rotatable bonds is 4. The molecular formula is C20H18ClN3O2. The van der Waals surface area contributed by atoms with Crippen LogP contribution in [0.15, 0.2) is 48.5 Å². The van der Waals surface area contributed by atoms with Crippen molar-refractivity contribution in [1.29, 1.82) is 0 Å². The number of benzene rings is 2. The van der Waals surface area contributed by atoms with Crippen LogP contribution in [0.2, 0.25) is 5.02 Å². The first-order chi connectivity index (χ1) is 12.5. The van der Waals surface area contributed by atoms with Crippen molar-refractivity contribution in [2.75, 3.05) is 13.6 Å². The Morgan fingerprint density at radius 1 is 1.19 bits per heavy atom. The van der Waals surface area contributed by atoms with Crippen LogP contribution in [-0.4, -0.2) is 39.7 Å². The Bertz CT molecular complexity index is 994. The highest BCUT2D eigenvalue weighted by Gasteiger charge is 2.32. The molecule has 1 saturated heterocycles. The van der Waals surface area contributed by atoms with E-state index in [1.54, 1.807) is 36.2 Å². The summed E-state index contributed by atoms with van der Waals surface area (Å²) in [5.41, 5.74) is 2.36. The van der Waals surface area contributed by atoms with Crippen molar-refractivity contribution in [3.63, 3.8) is 0 Å². The Hall–Kier alpha value is -2.66. The van der Waals surface area contributed by atoms with Gasteiger partial charge < -0.3 is 9.47 Å². The Balaban J connectivity index is 1.73. The fourth-order valence-corrected chi connectivity index (χ4v) is 3.61. The zero-order valence-electron chi connectivity index (χ0n) is 14.4. The molecule has 26 heavy (non-hydrogen) atoms. The molecule has 1 aliphatic heterocycles. The second kappa shape index (κ2) is 6.57. The molecule has 3 aromatic rings. The van der Waals surface area contributed by atoms with Gasteiger partial charge in [0.15, 0.2) is 5.78 Å². The molecule has 1 atom stereocenters. The van der Waals surface area contributed by atoms with E-state index in [-0.39, 0.29) is 24.2 Å². The number of ketones is 1. The zero-order chi connectivity index (χ0) is 18.3. The van der Waals surface area contributed by atoms with E-state index in [2.05, 4.69) is 0 Å². The van der Waals surface area contributed by atoms with Crippen LogP contribution in [-0.2, 0) is 11.3 Å². The Morgan fingerprint density at radius 2 is 1.92 bits per heavy atom. The molecule has 4 rings (SSSR count). The first-order valence-corrected chi connectivity index (χ1v) is 8.88. The van der Waals surface area contributed by atoms with E-state index >= 15 is 0 Å². The molecule has 2 heterocycles. The number of nitrogens with zero attached hydrogens (tertiary/aromatic N) is 3. The van der Waals surface area contributed by atoms with E-state index in [0.717, 1.165) is 16.9 Å². The smallest absolute Gasteiger partial charge is 0.223 e. The van der Waals surface area contributed by atoms with Crippen LogP contribution in [0.5, 0.6) is 0 Å². The largest absolute Gasteiger partial charge is 0.345 e. The van der Waals surface area contributed by atoms with E-state index in [9.17, 15) is 9.59 Å². The van der Waals surface area contributed by atoms with Gasteiger partial charge in [0, 0.05) is 36.5 Å². The predicted molar refractivity (Wildman–Crippen MR) is 101 cm³/mol. The molecule has 6 heteroatoms. The average Bonchev–Trinajstić information content (AvgIpc) is 3.16. The first kappa shape index (κ1) is 16.8. The third kappa shape index (κ3) is 2.99. The Kier molecular flexibility index (Phi) is 4.24. The lowest BCUT2D eigenvalue weighted by molar-refractivity contribution is -0.126. The third-order valence-corrected chi connectivity index (χ3v) is 5.11. The van der Waals surface area contributed by atoms with E-state index < -0.39 is 0 Å². The monoisotopic (exact) mass is 367 g/mol. The molecule has 1 aromatic heterocycles. The molecule has 0 bridgehead atoms. The van der Waals surface area contributed by atoms with Crippen molar-refractivity contribution in [1.82, 2.24) is 14.5 Å². The van der Waals surface area contributed by atoms with Crippen molar-refractivity contribution in [2.24, 2.45) is 0 Å². The second-order valence-electron chi connectivity index (χ2n) is 6.65. The molecule has 1 amide bonds. The molecule has 0 spiro atoms. The van der Waals surface area contributed by atoms with Crippen LogP contribution in [0, 0.1) is 0 Å². The van der Waals surface area contributed by atoms with Gasteiger partial charge in [0.2, 0.25) is 5.91 Å². The molecule has 1 unspecified atom stereocenters. The summed E-state index contributed by atoms with van der Waals surface area (Å²) in [5, 5.41) is 0.600. The third-order valence-electron chi connectivity index (χ3n) is 4.86. The number of halogens is 1. The van der Waals surface area contributed by atoms with E-state index in [1.165, 1.54) is 0 Å². The topological polar surface area (TPSA) is 55.2 Å². The maximum absolute atomic E-state index is 12.8. The number of aromatic nitrogens is 2. The van der Waals surface area contributed by atoms with Crippen LogP contribution in [0.4, 0.5) is 0 Å². The lowest BCUT2D eigenvalue weighted by atomic mass is 10.1. The van der Waals surface area contributed by atoms with Gasteiger partial charge in [0.1, 0.15) is 5.82 Å². The number of amides is 1. The SMILES string of the molecule is CN1CC(c2nc3ccccc3n2CC(=O)c2ccc(Cl)cc2)CC1=O. The maximum Gasteiger partial charge on any atom is 0.223 e. The predicted octanol–water partition coefficient (Wildman–Crippen LogP) is 3.52. The van der Waals surface area contributed by atoms with Crippen LogP contribution >= 0.6 is 11.6 Å². The summed E-state index contributed by atoms with van der Waals surface area (Å²) in [6, 6.07) is 14.6. The number of para-hydroxylation sites is 2. The minimum atomic E-state index is -0.0104. The van der Waals surface area contributed by atoms with E-state index in [1.807, 2.05) is 28.8 Å². The number of carbonyl (C=O) groups is 2. The van der Waals surface area contributed by atoms with Gasteiger partial charge in [-0.15, -0.1) is 0 Å². The fraction of sp³-hybridized carbons (Fsp3) is 0.250. The lowest BCUT2D eigenvalue weighted by Crippen LogP contribution is -2.20. The van der Waals surface area contributed by atoms with Crippen LogP contribution < -0.4 is 0 Å². The summed E-state index contributed by atoms with van der Waals surface area (Å²) >= 11 is 5.91. The van der Waals surface area contributed by atoms with Gasteiger partial charge in [0.05, 0.1) is 17.6 Å². The molecule has 0 radical (unpaired) electrons. The van der Waals surface area contributed by atoms with Gasteiger partial charge in [-0.3, -0.25) is 9.59 Å². The first-order valence-electron chi connectivity index (χ1n) is 8.51. The summed E-state index contributed by atoms with van der Waals surface area (Å²) < 4.78 is 1.95. The van der Waals surface area contributed by atoms with Gasteiger partial charge in [-0.2, -0.15) is 0 Å². The number of Topliss-reactive ketones (excluding diaryl/α,β-unsaturated/α-hetero) is 1. The number of fused-ring (bicyclic) bond motifs is 1. The molecule has 0 N–H and O–H groups in total. The standard InChI is InChI=1S/C20H18ClN3O2/c1-23-11-14(10-19(23)26)20-22-16-4-2-3-5-17(16)24(20)12-18(25)13-6-8-15(21)9-7-13/h2-9,14H,10-12H2,1H3. The van der Waals surface area contributed by atoms with Crippen molar-refractivity contribution >= 4 is 34.3 Å². The number of hydrogen-bond donors (Lipinski definition) is 0. The molecule has 1 aliphatic rings. The van der Waals surface area contributed by atoms with Crippen molar-refractivity contribution in [3.8, 4) is 0 Å². The summed E-state index contributed by atoms with van der Waals surface area (Å²) in [5.74, 6) is 0.894. The van der Waals surface area contributed by atoms with Gasteiger partial charge >= 0.3 is 0 Å². The summed E-state index contributed by atoms with van der Waals surface area (Å²) in [4.78, 5) is 31.2. The number of imidazole rings is 1. The minimum Gasteiger partial charge on any atom is -0.345 e. The molecule has 1 fully saturated rings. The quantitative estimate of drug-likeness (QED) is 0.663. The van der Waals surface area contributed by atoms with Crippen LogP contribution in [0.3, 0.4) is 0 Å². The Labute approximate surface area is 156 Å².